The molecule has 0 aliphatic carbocycles. The third-order valence-electron chi connectivity index (χ3n) is 2.31. The van der Waals surface area contributed by atoms with E-state index < -0.39 is 0 Å². The standard InChI is InChI=1S/C11H14N4OS/c1-7-8(2)16-11(13-7)17-6-9-4-3-5-10(14-9)15-12/h3-5H,6,12H2,1-2H3,(H,14,15). The first-order chi connectivity index (χ1) is 8.19. The van der Waals surface area contributed by atoms with E-state index in [-0.39, 0.29) is 0 Å². The van der Waals surface area contributed by atoms with Gasteiger partial charge in [0.15, 0.2) is 0 Å². The van der Waals surface area contributed by atoms with Crippen LogP contribution in [-0.4, -0.2) is 9.97 Å². The summed E-state index contributed by atoms with van der Waals surface area (Å²) in [6.45, 7) is 3.84. The molecule has 0 unspecified atom stereocenters. The highest BCUT2D eigenvalue weighted by Crippen LogP contribution is 2.23. The van der Waals surface area contributed by atoms with Crippen LogP contribution in [0.5, 0.6) is 0 Å². The molecule has 0 amide bonds. The van der Waals surface area contributed by atoms with E-state index in [1.807, 2.05) is 32.0 Å². The van der Waals surface area contributed by atoms with Crippen molar-refractivity contribution >= 4 is 17.6 Å². The fraction of sp³-hybridized carbons (Fsp3) is 0.273. The van der Waals surface area contributed by atoms with Crippen LogP contribution in [0, 0.1) is 13.8 Å². The average molecular weight is 250 g/mol. The molecule has 17 heavy (non-hydrogen) atoms. The highest BCUT2D eigenvalue weighted by atomic mass is 32.2. The summed E-state index contributed by atoms with van der Waals surface area (Å²) >= 11 is 1.52. The molecule has 2 aromatic heterocycles. The molecule has 6 heteroatoms. The number of pyridine rings is 1. The number of hydrogen-bond donors (Lipinski definition) is 2. The minimum absolute atomic E-state index is 0.655. The number of nitrogen functional groups attached to an aromatic ring is 1. The fourth-order valence-electron chi connectivity index (χ4n) is 1.28. The molecule has 0 saturated carbocycles. The van der Waals surface area contributed by atoms with Crippen LogP contribution in [0.15, 0.2) is 27.8 Å². The monoisotopic (exact) mass is 250 g/mol. The minimum Gasteiger partial charge on any atom is -0.437 e. The first kappa shape index (κ1) is 11.9. The van der Waals surface area contributed by atoms with Crippen molar-refractivity contribution in [2.75, 3.05) is 5.43 Å². The number of oxazole rings is 1. The Morgan fingerprint density at radius 1 is 1.35 bits per heavy atom. The molecule has 0 saturated heterocycles. The van der Waals surface area contributed by atoms with Crippen molar-refractivity contribution in [1.82, 2.24) is 9.97 Å². The Balaban J connectivity index is 2.01. The van der Waals surface area contributed by atoms with Gasteiger partial charge < -0.3 is 9.84 Å². The molecule has 2 rings (SSSR count). The van der Waals surface area contributed by atoms with Crippen LogP contribution in [0.2, 0.25) is 0 Å². The second-order valence-corrected chi connectivity index (χ2v) is 4.50. The number of nitrogens with one attached hydrogen (secondary N) is 1. The minimum atomic E-state index is 0.655. The first-order valence-corrected chi connectivity index (χ1v) is 6.17. The Morgan fingerprint density at radius 3 is 2.82 bits per heavy atom. The molecule has 3 N–H and O–H groups in total. The van der Waals surface area contributed by atoms with Crippen molar-refractivity contribution < 1.29 is 4.42 Å². The number of thioether (sulfide) groups is 1. The van der Waals surface area contributed by atoms with Crippen LogP contribution in [0.25, 0.3) is 0 Å². The second-order valence-electron chi connectivity index (χ2n) is 3.57. The van der Waals surface area contributed by atoms with E-state index >= 15 is 0 Å². The first-order valence-electron chi connectivity index (χ1n) is 5.18. The summed E-state index contributed by atoms with van der Waals surface area (Å²) in [5.41, 5.74) is 4.38. The molecule has 2 heterocycles. The summed E-state index contributed by atoms with van der Waals surface area (Å²) in [6.07, 6.45) is 0. The van der Waals surface area contributed by atoms with Gasteiger partial charge in [-0.05, 0) is 26.0 Å². The van der Waals surface area contributed by atoms with Gasteiger partial charge in [-0.25, -0.2) is 15.8 Å². The lowest BCUT2D eigenvalue weighted by Gasteiger charge is -2.01. The Kier molecular flexibility index (Phi) is 3.65. The summed E-state index contributed by atoms with van der Waals surface area (Å²) in [4.78, 5) is 8.61. The predicted octanol–water partition coefficient (Wildman–Crippen LogP) is 2.26. The molecule has 0 radical (unpaired) electrons. The van der Waals surface area contributed by atoms with Gasteiger partial charge in [-0.1, -0.05) is 17.8 Å². The van der Waals surface area contributed by atoms with E-state index in [0.29, 0.717) is 16.8 Å². The van der Waals surface area contributed by atoms with Crippen molar-refractivity contribution in [2.45, 2.75) is 24.8 Å². The van der Waals surface area contributed by atoms with Crippen LogP contribution in [0.1, 0.15) is 17.1 Å². The van der Waals surface area contributed by atoms with Gasteiger partial charge in [0.2, 0.25) is 0 Å². The van der Waals surface area contributed by atoms with Gasteiger partial charge in [0.05, 0.1) is 11.4 Å². The van der Waals surface area contributed by atoms with Gasteiger partial charge >= 0.3 is 0 Å². The van der Waals surface area contributed by atoms with E-state index in [0.717, 1.165) is 17.1 Å². The van der Waals surface area contributed by atoms with Gasteiger partial charge in [-0.2, -0.15) is 0 Å². The number of rotatable bonds is 4. The molecule has 2 aromatic rings. The van der Waals surface area contributed by atoms with Gasteiger partial charge in [0.1, 0.15) is 11.6 Å². The number of hydrazine groups is 1. The Labute approximate surface area is 104 Å². The van der Waals surface area contributed by atoms with Gasteiger partial charge in [-0.15, -0.1) is 0 Å². The highest BCUT2D eigenvalue weighted by Gasteiger charge is 2.06. The van der Waals surface area contributed by atoms with Crippen LogP contribution in [-0.2, 0) is 5.75 Å². The lowest BCUT2D eigenvalue weighted by Crippen LogP contribution is -2.08. The molecule has 0 fully saturated rings. The van der Waals surface area contributed by atoms with E-state index in [1.165, 1.54) is 11.8 Å². The SMILES string of the molecule is Cc1nc(SCc2cccc(NN)n2)oc1C. The molecule has 0 bridgehead atoms. The van der Waals surface area contributed by atoms with Crippen molar-refractivity contribution in [3.63, 3.8) is 0 Å². The van der Waals surface area contributed by atoms with Crippen LogP contribution < -0.4 is 11.3 Å². The Bertz CT molecular complexity index is 492. The summed E-state index contributed by atoms with van der Waals surface area (Å²) in [5.74, 6) is 7.52. The molecular weight excluding hydrogens is 236 g/mol. The second kappa shape index (κ2) is 5.20. The maximum Gasteiger partial charge on any atom is 0.256 e. The largest absolute Gasteiger partial charge is 0.437 e. The van der Waals surface area contributed by atoms with Crippen LogP contribution in [0.4, 0.5) is 5.82 Å². The number of aromatic nitrogens is 2. The number of nitrogens with two attached hydrogens (primary N) is 1. The molecule has 5 nitrogen and oxygen atoms in total. The number of anilines is 1. The third kappa shape index (κ3) is 2.98. The summed E-state index contributed by atoms with van der Waals surface area (Å²) in [6, 6.07) is 5.66. The third-order valence-corrected chi connectivity index (χ3v) is 3.17. The van der Waals surface area contributed by atoms with Gasteiger partial charge in [0, 0.05) is 5.75 Å². The lowest BCUT2D eigenvalue weighted by molar-refractivity contribution is 0.431. The van der Waals surface area contributed by atoms with Crippen LogP contribution in [0.3, 0.4) is 0 Å². The van der Waals surface area contributed by atoms with Crippen molar-refractivity contribution in [3.8, 4) is 0 Å². The molecule has 0 aliphatic heterocycles. The topological polar surface area (TPSA) is 77.0 Å². The van der Waals surface area contributed by atoms with Gasteiger partial charge in [-0.3, -0.25) is 0 Å². The number of hydrogen-bond acceptors (Lipinski definition) is 6. The molecule has 90 valence electrons. The van der Waals surface area contributed by atoms with Crippen molar-refractivity contribution in [2.24, 2.45) is 5.84 Å². The maximum absolute atomic E-state index is 5.48. The van der Waals surface area contributed by atoms with Crippen molar-refractivity contribution in [1.29, 1.82) is 0 Å². The summed E-state index contributed by atoms with van der Waals surface area (Å²) in [5, 5.41) is 0.674. The number of nitrogens with zero attached hydrogens (tertiary/aromatic N) is 2. The van der Waals surface area contributed by atoms with E-state index in [1.54, 1.807) is 0 Å². The molecule has 0 spiro atoms. The number of aryl methyl sites for hydroxylation is 2. The highest BCUT2D eigenvalue weighted by molar-refractivity contribution is 7.98. The Hall–Kier alpha value is -1.53. The normalized spacial score (nSPS) is 10.5. The zero-order valence-corrected chi connectivity index (χ0v) is 10.5. The molecule has 0 aromatic carbocycles. The van der Waals surface area contributed by atoms with E-state index in [4.69, 9.17) is 10.3 Å². The van der Waals surface area contributed by atoms with E-state index in [9.17, 15) is 0 Å². The smallest absolute Gasteiger partial charge is 0.256 e. The Morgan fingerprint density at radius 2 is 2.18 bits per heavy atom. The summed E-state index contributed by atoms with van der Waals surface area (Å²) in [7, 11) is 0. The van der Waals surface area contributed by atoms with Crippen molar-refractivity contribution in [3.05, 3.63) is 35.3 Å². The molecular formula is C11H14N4OS. The van der Waals surface area contributed by atoms with Crippen LogP contribution >= 0.6 is 11.8 Å². The molecule has 0 atom stereocenters. The lowest BCUT2D eigenvalue weighted by atomic mass is 10.4. The zero-order valence-electron chi connectivity index (χ0n) is 9.73. The quantitative estimate of drug-likeness (QED) is 0.492. The molecule has 0 aliphatic rings. The van der Waals surface area contributed by atoms with E-state index in [2.05, 4.69) is 15.4 Å². The fourth-order valence-corrected chi connectivity index (χ4v) is 2.10. The zero-order chi connectivity index (χ0) is 12.3. The summed E-state index contributed by atoms with van der Waals surface area (Å²) < 4.78 is 5.48. The van der Waals surface area contributed by atoms with Gasteiger partial charge in [0.25, 0.3) is 5.22 Å². The maximum atomic E-state index is 5.48. The average Bonchev–Trinajstić information content (AvgIpc) is 2.67. The predicted molar refractivity (Wildman–Crippen MR) is 67.6 cm³/mol.